The van der Waals surface area contributed by atoms with Crippen LogP contribution in [0.3, 0.4) is 0 Å². The summed E-state index contributed by atoms with van der Waals surface area (Å²) in [6.45, 7) is 0.0488. The van der Waals surface area contributed by atoms with Crippen LogP contribution in [-0.2, 0) is 10.0 Å². The molecule has 1 saturated heterocycles. The van der Waals surface area contributed by atoms with Crippen molar-refractivity contribution >= 4 is 15.7 Å². The van der Waals surface area contributed by atoms with E-state index in [4.69, 9.17) is 10.8 Å². The molecule has 0 aliphatic carbocycles. The standard InChI is InChI=1S/C11H15FN2O3S/c12-10-6-8(13)3-4-11(10)18(16,17)14-5-1-2-9(14)7-15/h3-4,6,9,15H,1-2,5,7,13H2/t9-/m1/s1. The van der Waals surface area contributed by atoms with E-state index in [-0.39, 0.29) is 12.3 Å². The number of hydrogen-bond donors (Lipinski definition) is 2. The molecule has 1 aliphatic rings. The Morgan fingerprint density at radius 3 is 2.83 bits per heavy atom. The van der Waals surface area contributed by atoms with Crippen LogP contribution in [-0.4, -0.2) is 37.0 Å². The second-order valence-corrected chi connectivity index (χ2v) is 6.14. The molecule has 0 radical (unpaired) electrons. The summed E-state index contributed by atoms with van der Waals surface area (Å²) in [4.78, 5) is -0.392. The fourth-order valence-corrected chi connectivity index (χ4v) is 3.89. The second kappa shape index (κ2) is 4.83. The van der Waals surface area contributed by atoms with Gasteiger partial charge in [-0.3, -0.25) is 0 Å². The molecule has 0 bridgehead atoms. The van der Waals surface area contributed by atoms with E-state index < -0.39 is 26.8 Å². The lowest BCUT2D eigenvalue weighted by molar-refractivity contribution is 0.213. The maximum absolute atomic E-state index is 13.7. The minimum absolute atomic E-state index is 0.173. The van der Waals surface area contributed by atoms with Gasteiger partial charge in [-0.05, 0) is 31.0 Å². The van der Waals surface area contributed by atoms with Gasteiger partial charge in [-0.2, -0.15) is 4.31 Å². The summed E-state index contributed by atoms with van der Waals surface area (Å²) in [7, 11) is -3.90. The van der Waals surface area contributed by atoms with Gasteiger partial charge in [0.05, 0.1) is 6.61 Å². The number of rotatable bonds is 3. The zero-order valence-corrected chi connectivity index (χ0v) is 10.5. The van der Waals surface area contributed by atoms with E-state index in [1.165, 1.54) is 6.07 Å². The number of anilines is 1. The smallest absolute Gasteiger partial charge is 0.246 e. The fraction of sp³-hybridized carbons (Fsp3) is 0.455. The van der Waals surface area contributed by atoms with Gasteiger partial charge in [-0.25, -0.2) is 12.8 Å². The summed E-state index contributed by atoms with van der Waals surface area (Å²) in [6.07, 6.45) is 1.26. The highest BCUT2D eigenvalue weighted by atomic mass is 32.2. The second-order valence-electron chi connectivity index (χ2n) is 4.28. The number of nitrogens with two attached hydrogens (primary N) is 1. The van der Waals surface area contributed by atoms with Crippen LogP contribution in [0.1, 0.15) is 12.8 Å². The molecule has 0 spiro atoms. The van der Waals surface area contributed by atoms with E-state index in [1.807, 2.05) is 0 Å². The van der Waals surface area contributed by atoms with E-state index in [9.17, 15) is 12.8 Å². The number of benzene rings is 1. The molecule has 0 saturated carbocycles. The molecule has 1 atom stereocenters. The molecule has 1 aromatic rings. The van der Waals surface area contributed by atoms with Gasteiger partial charge in [0.25, 0.3) is 0 Å². The zero-order valence-electron chi connectivity index (χ0n) is 9.71. The van der Waals surface area contributed by atoms with E-state index in [2.05, 4.69) is 0 Å². The third-order valence-corrected chi connectivity index (χ3v) is 5.06. The van der Waals surface area contributed by atoms with Gasteiger partial charge >= 0.3 is 0 Å². The van der Waals surface area contributed by atoms with Crippen molar-refractivity contribution in [3.8, 4) is 0 Å². The maximum Gasteiger partial charge on any atom is 0.246 e. The summed E-state index contributed by atoms with van der Waals surface area (Å²) in [6, 6.07) is 3.02. The van der Waals surface area contributed by atoms with Crippen LogP contribution < -0.4 is 5.73 Å². The summed E-state index contributed by atoms with van der Waals surface area (Å²) < 4.78 is 39.4. The van der Waals surface area contributed by atoms with E-state index in [0.717, 1.165) is 16.4 Å². The first-order chi connectivity index (χ1) is 8.46. The maximum atomic E-state index is 13.7. The molecule has 5 nitrogen and oxygen atoms in total. The van der Waals surface area contributed by atoms with Crippen LogP contribution in [0, 0.1) is 5.82 Å². The van der Waals surface area contributed by atoms with Crippen molar-refractivity contribution in [1.82, 2.24) is 4.31 Å². The van der Waals surface area contributed by atoms with Gasteiger partial charge in [-0.15, -0.1) is 0 Å². The number of nitrogen functional groups attached to an aromatic ring is 1. The first kappa shape index (κ1) is 13.3. The summed E-state index contributed by atoms with van der Waals surface area (Å²) in [5.74, 6) is -0.862. The Balaban J connectivity index is 2.42. The lowest BCUT2D eigenvalue weighted by Crippen LogP contribution is -2.37. The Labute approximate surface area is 105 Å². The van der Waals surface area contributed by atoms with Crippen LogP contribution in [0.15, 0.2) is 23.1 Å². The van der Waals surface area contributed by atoms with Crippen LogP contribution >= 0.6 is 0 Å². The topological polar surface area (TPSA) is 83.6 Å². The molecular weight excluding hydrogens is 259 g/mol. The molecule has 3 N–H and O–H groups in total. The number of halogens is 1. The Bertz CT molecular complexity index is 547. The number of hydrogen-bond acceptors (Lipinski definition) is 4. The highest BCUT2D eigenvalue weighted by molar-refractivity contribution is 7.89. The highest BCUT2D eigenvalue weighted by Gasteiger charge is 2.36. The van der Waals surface area contributed by atoms with Crippen molar-refractivity contribution in [2.75, 3.05) is 18.9 Å². The first-order valence-electron chi connectivity index (χ1n) is 5.64. The molecule has 1 aliphatic heterocycles. The molecule has 100 valence electrons. The van der Waals surface area contributed by atoms with Gasteiger partial charge in [0.1, 0.15) is 10.7 Å². The van der Waals surface area contributed by atoms with Crippen molar-refractivity contribution in [1.29, 1.82) is 0 Å². The zero-order chi connectivity index (χ0) is 13.3. The van der Waals surface area contributed by atoms with Crippen molar-refractivity contribution in [3.63, 3.8) is 0 Å². The monoisotopic (exact) mass is 274 g/mol. The van der Waals surface area contributed by atoms with Crippen LogP contribution in [0.4, 0.5) is 10.1 Å². The Hall–Kier alpha value is -1.18. The largest absolute Gasteiger partial charge is 0.399 e. The molecule has 0 amide bonds. The fourth-order valence-electron chi connectivity index (χ4n) is 2.16. The van der Waals surface area contributed by atoms with Crippen LogP contribution in [0.5, 0.6) is 0 Å². The number of nitrogens with zero attached hydrogens (tertiary/aromatic N) is 1. The Kier molecular flexibility index (Phi) is 3.56. The summed E-state index contributed by atoms with van der Waals surface area (Å²) >= 11 is 0. The van der Waals surface area contributed by atoms with Crippen LogP contribution in [0.25, 0.3) is 0 Å². The Morgan fingerprint density at radius 1 is 1.50 bits per heavy atom. The summed E-state index contributed by atoms with van der Waals surface area (Å²) in [5.41, 5.74) is 5.56. The number of aliphatic hydroxyl groups excluding tert-OH is 1. The molecule has 0 unspecified atom stereocenters. The predicted molar refractivity (Wildman–Crippen MR) is 64.8 cm³/mol. The molecule has 0 aromatic heterocycles. The lowest BCUT2D eigenvalue weighted by Gasteiger charge is -2.22. The van der Waals surface area contributed by atoms with Gasteiger partial charge in [-0.1, -0.05) is 0 Å². The van der Waals surface area contributed by atoms with E-state index in [0.29, 0.717) is 19.4 Å². The predicted octanol–water partition coefficient (Wildman–Crippen LogP) is 0.553. The van der Waals surface area contributed by atoms with Crippen molar-refractivity contribution < 1.29 is 17.9 Å². The minimum Gasteiger partial charge on any atom is -0.399 e. The lowest BCUT2D eigenvalue weighted by atomic mass is 10.2. The molecule has 1 aromatic carbocycles. The molecule has 2 rings (SSSR count). The average molecular weight is 274 g/mol. The van der Waals surface area contributed by atoms with Gasteiger partial charge in [0, 0.05) is 18.3 Å². The number of aliphatic hydroxyl groups is 1. The molecule has 1 fully saturated rings. The van der Waals surface area contributed by atoms with Crippen LogP contribution in [0.2, 0.25) is 0 Å². The summed E-state index contributed by atoms with van der Waals surface area (Å²) in [5, 5.41) is 9.14. The average Bonchev–Trinajstić information content (AvgIpc) is 2.76. The normalized spacial score (nSPS) is 21.3. The van der Waals surface area contributed by atoms with E-state index >= 15 is 0 Å². The molecule has 18 heavy (non-hydrogen) atoms. The van der Waals surface area contributed by atoms with Gasteiger partial charge in [0.15, 0.2) is 0 Å². The third-order valence-electron chi connectivity index (χ3n) is 3.08. The quantitative estimate of drug-likeness (QED) is 0.789. The van der Waals surface area contributed by atoms with E-state index in [1.54, 1.807) is 0 Å². The van der Waals surface area contributed by atoms with Gasteiger partial charge < -0.3 is 10.8 Å². The molecular formula is C11H15FN2O3S. The molecule has 1 heterocycles. The number of sulfonamides is 1. The SMILES string of the molecule is Nc1ccc(S(=O)(=O)N2CCC[C@@H]2CO)c(F)c1. The first-order valence-corrected chi connectivity index (χ1v) is 7.08. The van der Waals surface area contributed by atoms with Gasteiger partial charge in [0.2, 0.25) is 10.0 Å². The van der Waals surface area contributed by atoms with Crippen molar-refractivity contribution in [2.45, 2.75) is 23.8 Å². The highest BCUT2D eigenvalue weighted by Crippen LogP contribution is 2.27. The minimum atomic E-state index is -3.90. The third kappa shape index (κ3) is 2.21. The van der Waals surface area contributed by atoms with Crippen molar-refractivity contribution in [3.05, 3.63) is 24.0 Å². The molecule has 7 heteroatoms. The van der Waals surface area contributed by atoms with Crippen molar-refractivity contribution in [2.24, 2.45) is 0 Å². The Morgan fingerprint density at radius 2 is 2.22 bits per heavy atom.